The Morgan fingerprint density at radius 3 is 2.81 bits per heavy atom. The first-order valence-electron chi connectivity index (χ1n) is 10.6. The van der Waals surface area contributed by atoms with Gasteiger partial charge >= 0.3 is 0 Å². The lowest BCUT2D eigenvalue weighted by Crippen LogP contribution is -2.43. The molecule has 31 heavy (non-hydrogen) atoms. The van der Waals surface area contributed by atoms with Gasteiger partial charge in [0.25, 0.3) is 5.91 Å². The molecule has 3 rings (SSSR count). The lowest BCUT2D eigenvalue weighted by Gasteiger charge is -2.35. The number of nitrogens with zero attached hydrogens (tertiary/aromatic N) is 4. The number of aromatic nitrogens is 2. The van der Waals surface area contributed by atoms with Crippen LogP contribution in [0.4, 0.5) is 0 Å². The second-order valence-corrected chi connectivity index (χ2v) is 8.10. The summed E-state index contributed by atoms with van der Waals surface area (Å²) in [5.41, 5.74) is 1.99. The minimum Gasteiger partial charge on any atom is -0.497 e. The van der Waals surface area contributed by atoms with E-state index in [0.717, 1.165) is 30.6 Å². The van der Waals surface area contributed by atoms with Gasteiger partial charge in [0.05, 0.1) is 31.0 Å². The van der Waals surface area contributed by atoms with Crippen LogP contribution >= 0.6 is 0 Å². The van der Waals surface area contributed by atoms with Crippen molar-refractivity contribution in [1.29, 1.82) is 0 Å². The number of likely N-dealkylation sites (tertiary alicyclic amines) is 1. The Hall–Kier alpha value is -3.00. The van der Waals surface area contributed by atoms with Crippen molar-refractivity contribution >= 4 is 11.8 Å². The standard InChI is InChI=1S/C23H31N5O3/c1-16-19(23(30)25-13-17-8-7-9-18(12-17)31-4)14-24-22(26-16)20-10-5-6-11-28(20)21(29)15-27(2)3/h7-9,12,14,20H,5-6,10-11,13,15H2,1-4H3,(H,25,30)/t20-/m1/s1. The third kappa shape index (κ3) is 5.79. The summed E-state index contributed by atoms with van der Waals surface area (Å²) in [5, 5.41) is 2.91. The number of carbonyl (C=O) groups excluding carboxylic acids is 2. The molecule has 0 saturated carbocycles. The molecule has 1 aromatic carbocycles. The Balaban J connectivity index is 1.70. The maximum atomic E-state index is 12.7. The first kappa shape index (κ1) is 22.7. The number of amides is 2. The Bertz CT molecular complexity index is 931. The van der Waals surface area contributed by atoms with Gasteiger partial charge in [-0.15, -0.1) is 0 Å². The fourth-order valence-electron chi connectivity index (χ4n) is 3.79. The molecule has 1 atom stereocenters. The third-order valence-corrected chi connectivity index (χ3v) is 5.40. The highest BCUT2D eigenvalue weighted by molar-refractivity contribution is 5.94. The van der Waals surface area contributed by atoms with Crippen molar-refractivity contribution in [1.82, 2.24) is 25.1 Å². The molecule has 2 amide bonds. The summed E-state index contributed by atoms with van der Waals surface area (Å²) in [4.78, 5) is 38.2. The predicted molar refractivity (Wildman–Crippen MR) is 118 cm³/mol. The number of likely N-dealkylation sites (N-methyl/N-ethyl adjacent to an activating group) is 1. The second kappa shape index (κ2) is 10.3. The maximum Gasteiger partial charge on any atom is 0.254 e. The number of ether oxygens (including phenoxy) is 1. The summed E-state index contributed by atoms with van der Waals surface area (Å²) in [6, 6.07) is 7.41. The Kier molecular flexibility index (Phi) is 7.57. The van der Waals surface area contributed by atoms with Crippen LogP contribution in [0.3, 0.4) is 0 Å². The number of piperidine rings is 1. The van der Waals surface area contributed by atoms with E-state index in [4.69, 9.17) is 4.74 Å². The van der Waals surface area contributed by atoms with Crippen molar-refractivity contribution in [3.05, 3.63) is 53.1 Å². The minimum atomic E-state index is -0.226. The molecule has 0 unspecified atom stereocenters. The molecule has 1 saturated heterocycles. The molecule has 0 aliphatic carbocycles. The summed E-state index contributed by atoms with van der Waals surface area (Å²) in [6.45, 7) is 3.26. The molecule has 2 heterocycles. The summed E-state index contributed by atoms with van der Waals surface area (Å²) in [7, 11) is 5.38. The van der Waals surface area contributed by atoms with Crippen LogP contribution in [-0.4, -0.2) is 65.9 Å². The predicted octanol–water partition coefficient (Wildman–Crippen LogP) is 2.34. The van der Waals surface area contributed by atoms with Crippen LogP contribution in [0.15, 0.2) is 30.5 Å². The van der Waals surface area contributed by atoms with Crippen LogP contribution < -0.4 is 10.1 Å². The fraction of sp³-hybridized carbons (Fsp3) is 0.478. The van der Waals surface area contributed by atoms with E-state index in [0.29, 0.717) is 36.7 Å². The highest BCUT2D eigenvalue weighted by Gasteiger charge is 2.30. The molecule has 1 aromatic heterocycles. The number of hydrogen-bond donors (Lipinski definition) is 1. The van der Waals surface area contributed by atoms with Crippen molar-refractivity contribution in [3.63, 3.8) is 0 Å². The average molecular weight is 426 g/mol. The van der Waals surface area contributed by atoms with E-state index in [-0.39, 0.29) is 17.9 Å². The Morgan fingerprint density at radius 2 is 2.10 bits per heavy atom. The van der Waals surface area contributed by atoms with Crippen LogP contribution in [0, 0.1) is 6.92 Å². The Labute approximate surface area is 183 Å². The van der Waals surface area contributed by atoms with Crippen molar-refractivity contribution in [2.45, 2.75) is 38.8 Å². The average Bonchev–Trinajstić information content (AvgIpc) is 2.77. The van der Waals surface area contributed by atoms with Gasteiger partial charge in [-0.05, 0) is 58.0 Å². The van der Waals surface area contributed by atoms with Crippen LogP contribution in [0.5, 0.6) is 5.75 Å². The van der Waals surface area contributed by atoms with Gasteiger partial charge in [0.1, 0.15) is 5.75 Å². The van der Waals surface area contributed by atoms with Crippen LogP contribution in [0.2, 0.25) is 0 Å². The van der Waals surface area contributed by atoms with Crippen molar-refractivity contribution in [3.8, 4) is 5.75 Å². The molecule has 8 nitrogen and oxygen atoms in total. The topological polar surface area (TPSA) is 87.7 Å². The van der Waals surface area contributed by atoms with Crippen LogP contribution in [0.25, 0.3) is 0 Å². The highest BCUT2D eigenvalue weighted by Crippen LogP contribution is 2.29. The number of benzene rings is 1. The molecule has 0 bridgehead atoms. The van der Waals surface area contributed by atoms with E-state index >= 15 is 0 Å². The molecular weight excluding hydrogens is 394 g/mol. The zero-order valence-corrected chi connectivity index (χ0v) is 18.7. The molecule has 2 aromatic rings. The fourth-order valence-corrected chi connectivity index (χ4v) is 3.79. The van der Waals surface area contributed by atoms with Gasteiger partial charge in [-0.2, -0.15) is 0 Å². The second-order valence-electron chi connectivity index (χ2n) is 8.10. The Morgan fingerprint density at radius 1 is 1.29 bits per heavy atom. The van der Waals surface area contributed by atoms with Crippen molar-refractivity contribution in [2.24, 2.45) is 0 Å². The van der Waals surface area contributed by atoms with Gasteiger partial charge in [-0.25, -0.2) is 9.97 Å². The van der Waals surface area contributed by atoms with Gasteiger partial charge in [-0.3, -0.25) is 9.59 Å². The first-order valence-corrected chi connectivity index (χ1v) is 10.6. The van der Waals surface area contributed by atoms with Crippen LogP contribution in [0.1, 0.15) is 52.7 Å². The van der Waals surface area contributed by atoms with Gasteiger partial charge in [0.2, 0.25) is 5.91 Å². The van der Waals surface area contributed by atoms with E-state index in [2.05, 4.69) is 15.3 Å². The van der Waals surface area contributed by atoms with E-state index < -0.39 is 0 Å². The van der Waals surface area contributed by atoms with E-state index in [1.807, 2.05) is 48.2 Å². The zero-order valence-electron chi connectivity index (χ0n) is 18.7. The maximum absolute atomic E-state index is 12.7. The molecule has 8 heteroatoms. The summed E-state index contributed by atoms with van der Waals surface area (Å²) in [5.74, 6) is 1.21. The highest BCUT2D eigenvalue weighted by atomic mass is 16.5. The van der Waals surface area contributed by atoms with E-state index in [1.165, 1.54) is 0 Å². The summed E-state index contributed by atoms with van der Waals surface area (Å²) >= 11 is 0. The first-order chi connectivity index (χ1) is 14.9. The lowest BCUT2D eigenvalue weighted by molar-refractivity contribution is -0.135. The number of nitrogens with one attached hydrogen (secondary N) is 1. The van der Waals surface area contributed by atoms with Crippen molar-refractivity contribution < 1.29 is 14.3 Å². The van der Waals surface area contributed by atoms with Crippen LogP contribution in [-0.2, 0) is 11.3 Å². The van der Waals surface area contributed by atoms with E-state index in [1.54, 1.807) is 20.2 Å². The minimum absolute atomic E-state index is 0.0797. The van der Waals surface area contributed by atoms with Gasteiger partial charge in [0.15, 0.2) is 5.82 Å². The molecule has 1 N–H and O–H groups in total. The zero-order chi connectivity index (χ0) is 22.4. The quantitative estimate of drug-likeness (QED) is 0.733. The molecule has 1 fully saturated rings. The molecule has 166 valence electrons. The van der Waals surface area contributed by atoms with E-state index in [9.17, 15) is 9.59 Å². The molecule has 1 aliphatic heterocycles. The number of aryl methyl sites for hydroxylation is 1. The molecule has 0 spiro atoms. The number of methoxy groups -OCH3 is 1. The normalized spacial score (nSPS) is 16.3. The number of rotatable bonds is 7. The smallest absolute Gasteiger partial charge is 0.254 e. The molecule has 0 radical (unpaired) electrons. The van der Waals surface area contributed by atoms with Gasteiger partial charge in [0, 0.05) is 19.3 Å². The summed E-state index contributed by atoms with van der Waals surface area (Å²) in [6.07, 6.45) is 4.42. The lowest BCUT2D eigenvalue weighted by atomic mass is 10.0. The van der Waals surface area contributed by atoms with Gasteiger partial charge in [-0.1, -0.05) is 12.1 Å². The molecular formula is C23H31N5O3. The largest absolute Gasteiger partial charge is 0.497 e. The SMILES string of the molecule is COc1cccc(CNC(=O)c2cnc([C@H]3CCCCN3C(=O)CN(C)C)nc2C)c1. The van der Waals surface area contributed by atoms with Crippen molar-refractivity contribution in [2.75, 3.05) is 34.3 Å². The van der Waals surface area contributed by atoms with Gasteiger partial charge < -0.3 is 19.9 Å². The monoisotopic (exact) mass is 425 g/mol. The molecule has 1 aliphatic rings. The summed E-state index contributed by atoms with van der Waals surface area (Å²) < 4.78 is 5.22. The third-order valence-electron chi connectivity index (χ3n) is 5.40. The number of hydrogen-bond acceptors (Lipinski definition) is 6. The number of carbonyl (C=O) groups is 2.